The normalized spacial score (nSPS) is 15.5. The maximum atomic E-state index is 12.5. The zero-order valence-electron chi connectivity index (χ0n) is 13.5. The Morgan fingerprint density at radius 1 is 1.33 bits per heavy atom. The summed E-state index contributed by atoms with van der Waals surface area (Å²) in [7, 11) is 1.60. The third-order valence-corrected chi connectivity index (χ3v) is 4.25. The van der Waals surface area contributed by atoms with Gasteiger partial charge in [0.1, 0.15) is 17.5 Å². The van der Waals surface area contributed by atoms with Crippen molar-refractivity contribution in [2.75, 3.05) is 20.2 Å². The standard InChI is InChI=1S/C17H20ClN3O3/c1-23-11-13-10-16(20-19-13)17(22)21-8-6-15(7-9-21)24-14-4-2-12(18)3-5-14/h2-5,10,15H,6-9,11H2,1H3,(H,19,20). The fourth-order valence-corrected chi connectivity index (χ4v) is 2.87. The van der Waals surface area contributed by atoms with Crippen LogP contribution in [0.3, 0.4) is 0 Å². The molecular formula is C17H20ClN3O3. The number of amides is 1. The van der Waals surface area contributed by atoms with Crippen LogP contribution in [0.5, 0.6) is 5.75 Å². The molecule has 128 valence electrons. The molecule has 2 aromatic rings. The van der Waals surface area contributed by atoms with Gasteiger partial charge < -0.3 is 14.4 Å². The van der Waals surface area contributed by atoms with Crippen LogP contribution in [-0.4, -0.2) is 47.3 Å². The van der Waals surface area contributed by atoms with Gasteiger partial charge in [0, 0.05) is 38.1 Å². The zero-order valence-corrected chi connectivity index (χ0v) is 14.3. The first-order valence-electron chi connectivity index (χ1n) is 7.90. The van der Waals surface area contributed by atoms with E-state index in [4.69, 9.17) is 21.1 Å². The molecule has 0 atom stereocenters. The minimum absolute atomic E-state index is 0.0569. The first-order valence-corrected chi connectivity index (χ1v) is 8.28. The summed E-state index contributed by atoms with van der Waals surface area (Å²) in [4.78, 5) is 14.3. The van der Waals surface area contributed by atoms with E-state index in [0.717, 1.165) is 24.3 Å². The zero-order chi connectivity index (χ0) is 16.9. The number of piperidine rings is 1. The highest BCUT2D eigenvalue weighted by atomic mass is 35.5. The van der Waals surface area contributed by atoms with E-state index in [1.165, 1.54) is 0 Å². The van der Waals surface area contributed by atoms with Gasteiger partial charge >= 0.3 is 0 Å². The highest BCUT2D eigenvalue weighted by molar-refractivity contribution is 6.30. The van der Waals surface area contributed by atoms with Crippen LogP contribution in [0, 0.1) is 0 Å². The number of hydrogen-bond acceptors (Lipinski definition) is 4. The lowest BCUT2D eigenvalue weighted by Crippen LogP contribution is -2.41. The average Bonchev–Trinajstić information content (AvgIpc) is 3.06. The van der Waals surface area contributed by atoms with Gasteiger partial charge in [-0.05, 0) is 30.3 Å². The predicted molar refractivity (Wildman–Crippen MR) is 90.3 cm³/mol. The number of methoxy groups -OCH3 is 1. The summed E-state index contributed by atoms with van der Waals surface area (Å²) in [5, 5.41) is 7.57. The molecular weight excluding hydrogens is 330 g/mol. The van der Waals surface area contributed by atoms with Crippen LogP contribution in [0.15, 0.2) is 30.3 Å². The van der Waals surface area contributed by atoms with Crippen LogP contribution >= 0.6 is 11.6 Å². The number of carbonyl (C=O) groups excluding carboxylic acids is 1. The Kier molecular flexibility index (Phi) is 5.37. The quantitative estimate of drug-likeness (QED) is 0.901. The molecule has 2 heterocycles. The molecule has 1 saturated heterocycles. The summed E-state index contributed by atoms with van der Waals surface area (Å²) in [5.41, 5.74) is 1.22. The van der Waals surface area contributed by atoms with Crippen LogP contribution in [0.25, 0.3) is 0 Å². The van der Waals surface area contributed by atoms with Crippen LogP contribution in [0.2, 0.25) is 5.02 Å². The Balaban J connectivity index is 1.52. The lowest BCUT2D eigenvalue weighted by Gasteiger charge is -2.31. The number of likely N-dealkylation sites (tertiary alicyclic amines) is 1. The van der Waals surface area contributed by atoms with Crippen molar-refractivity contribution in [2.24, 2.45) is 0 Å². The van der Waals surface area contributed by atoms with Crippen molar-refractivity contribution in [1.29, 1.82) is 0 Å². The molecule has 0 unspecified atom stereocenters. The predicted octanol–water partition coefficient (Wildman–Crippen LogP) is 2.89. The van der Waals surface area contributed by atoms with Gasteiger partial charge in [0.15, 0.2) is 0 Å². The number of H-pyrrole nitrogens is 1. The van der Waals surface area contributed by atoms with Crippen molar-refractivity contribution in [3.05, 3.63) is 46.7 Å². The van der Waals surface area contributed by atoms with Crippen LogP contribution < -0.4 is 4.74 Å². The summed E-state index contributed by atoms with van der Waals surface area (Å²) < 4.78 is 11.0. The number of benzene rings is 1. The van der Waals surface area contributed by atoms with E-state index in [0.29, 0.717) is 30.4 Å². The number of hydrogen-bond donors (Lipinski definition) is 1. The topological polar surface area (TPSA) is 67.4 Å². The lowest BCUT2D eigenvalue weighted by molar-refractivity contribution is 0.0590. The molecule has 1 fully saturated rings. The largest absolute Gasteiger partial charge is 0.490 e. The minimum Gasteiger partial charge on any atom is -0.490 e. The van der Waals surface area contributed by atoms with Gasteiger partial charge in [0.2, 0.25) is 0 Å². The van der Waals surface area contributed by atoms with E-state index in [-0.39, 0.29) is 12.0 Å². The fourth-order valence-electron chi connectivity index (χ4n) is 2.74. The van der Waals surface area contributed by atoms with E-state index >= 15 is 0 Å². The van der Waals surface area contributed by atoms with Crippen LogP contribution in [0.1, 0.15) is 29.0 Å². The third-order valence-electron chi connectivity index (χ3n) is 4.00. The van der Waals surface area contributed by atoms with Crippen molar-refractivity contribution in [1.82, 2.24) is 15.1 Å². The highest BCUT2D eigenvalue weighted by Crippen LogP contribution is 2.21. The fraction of sp³-hybridized carbons (Fsp3) is 0.412. The monoisotopic (exact) mass is 349 g/mol. The average molecular weight is 350 g/mol. The summed E-state index contributed by atoms with van der Waals surface area (Å²) in [6, 6.07) is 9.08. The second kappa shape index (κ2) is 7.68. The van der Waals surface area contributed by atoms with Crippen LogP contribution in [-0.2, 0) is 11.3 Å². The number of nitrogens with zero attached hydrogens (tertiary/aromatic N) is 2. The molecule has 0 saturated carbocycles. The number of ether oxygens (including phenoxy) is 2. The first kappa shape index (κ1) is 16.8. The summed E-state index contributed by atoms with van der Waals surface area (Å²) in [5.74, 6) is 0.749. The van der Waals surface area contributed by atoms with Crippen molar-refractivity contribution >= 4 is 17.5 Å². The maximum absolute atomic E-state index is 12.5. The molecule has 0 aliphatic carbocycles. The van der Waals surface area contributed by atoms with Gasteiger partial charge in [-0.25, -0.2) is 0 Å². The minimum atomic E-state index is -0.0569. The van der Waals surface area contributed by atoms with Crippen molar-refractivity contribution < 1.29 is 14.3 Å². The molecule has 1 aliphatic rings. The number of aromatic nitrogens is 2. The smallest absolute Gasteiger partial charge is 0.274 e. The molecule has 24 heavy (non-hydrogen) atoms. The molecule has 0 spiro atoms. The second-order valence-electron chi connectivity index (χ2n) is 5.77. The summed E-state index contributed by atoms with van der Waals surface area (Å²) in [6.07, 6.45) is 1.70. The number of aromatic amines is 1. The molecule has 3 rings (SSSR count). The molecule has 1 amide bonds. The van der Waals surface area contributed by atoms with Gasteiger partial charge in [-0.15, -0.1) is 0 Å². The Bertz CT molecular complexity index is 679. The number of carbonyl (C=O) groups is 1. The Morgan fingerprint density at radius 3 is 2.71 bits per heavy atom. The first-order chi connectivity index (χ1) is 11.7. The van der Waals surface area contributed by atoms with Gasteiger partial charge in [0.25, 0.3) is 5.91 Å². The van der Waals surface area contributed by atoms with Gasteiger partial charge in [-0.2, -0.15) is 5.10 Å². The van der Waals surface area contributed by atoms with Crippen molar-refractivity contribution in [3.8, 4) is 5.75 Å². The van der Waals surface area contributed by atoms with E-state index in [1.54, 1.807) is 13.2 Å². The molecule has 1 aromatic heterocycles. The molecule has 0 bridgehead atoms. The lowest BCUT2D eigenvalue weighted by atomic mass is 10.1. The van der Waals surface area contributed by atoms with Crippen molar-refractivity contribution in [2.45, 2.75) is 25.6 Å². The van der Waals surface area contributed by atoms with E-state index in [9.17, 15) is 4.79 Å². The van der Waals surface area contributed by atoms with Crippen LogP contribution in [0.4, 0.5) is 0 Å². The Labute approximate surface area is 145 Å². The number of rotatable bonds is 5. The highest BCUT2D eigenvalue weighted by Gasteiger charge is 2.26. The van der Waals surface area contributed by atoms with E-state index in [2.05, 4.69) is 10.2 Å². The van der Waals surface area contributed by atoms with E-state index < -0.39 is 0 Å². The van der Waals surface area contributed by atoms with Gasteiger partial charge in [-0.1, -0.05) is 11.6 Å². The number of nitrogens with one attached hydrogen (secondary N) is 1. The summed E-state index contributed by atoms with van der Waals surface area (Å²) >= 11 is 5.87. The van der Waals surface area contributed by atoms with Gasteiger partial charge in [-0.3, -0.25) is 9.89 Å². The molecule has 7 heteroatoms. The van der Waals surface area contributed by atoms with E-state index in [1.807, 2.05) is 29.2 Å². The Hall–Kier alpha value is -2.05. The molecule has 0 radical (unpaired) electrons. The summed E-state index contributed by atoms with van der Waals surface area (Å²) in [6.45, 7) is 1.73. The molecule has 6 nitrogen and oxygen atoms in total. The van der Waals surface area contributed by atoms with Crippen molar-refractivity contribution in [3.63, 3.8) is 0 Å². The van der Waals surface area contributed by atoms with Gasteiger partial charge in [0.05, 0.1) is 12.3 Å². The SMILES string of the molecule is COCc1cc(C(=O)N2CCC(Oc3ccc(Cl)cc3)CC2)n[nH]1. The number of halogens is 1. The maximum Gasteiger partial charge on any atom is 0.274 e. The third kappa shape index (κ3) is 4.07. The molecule has 1 aromatic carbocycles. The molecule has 1 N–H and O–H groups in total. The second-order valence-corrected chi connectivity index (χ2v) is 6.21. The molecule has 1 aliphatic heterocycles. The Morgan fingerprint density at radius 2 is 2.04 bits per heavy atom.